The number of sulfonamides is 1. The van der Waals surface area contributed by atoms with Gasteiger partial charge in [-0.05, 0) is 73.8 Å². The molecule has 0 saturated carbocycles. The monoisotopic (exact) mass is 591 g/mol. The molecule has 0 bridgehead atoms. The Hall–Kier alpha value is -4.13. The van der Waals surface area contributed by atoms with Crippen LogP contribution in [0.15, 0.2) is 71.2 Å². The van der Waals surface area contributed by atoms with Gasteiger partial charge in [-0.15, -0.1) is 11.3 Å². The van der Waals surface area contributed by atoms with Gasteiger partial charge in [-0.25, -0.2) is 18.2 Å². The zero-order valence-electron chi connectivity index (χ0n) is 23.0. The number of nitrogens with one attached hydrogen (secondary N) is 1. The van der Waals surface area contributed by atoms with Crippen molar-refractivity contribution in [1.29, 1.82) is 0 Å². The summed E-state index contributed by atoms with van der Waals surface area (Å²) in [6.45, 7) is 0.867. The molecule has 1 aromatic heterocycles. The number of fused-ring (bicyclic) bond motifs is 2. The van der Waals surface area contributed by atoms with Crippen LogP contribution in [0.1, 0.15) is 27.4 Å². The van der Waals surface area contributed by atoms with Gasteiger partial charge in [-0.2, -0.15) is 0 Å². The lowest BCUT2D eigenvalue weighted by Crippen LogP contribution is -2.35. The highest BCUT2D eigenvalue weighted by atomic mass is 32.2. The first-order chi connectivity index (χ1) is 19.5. The number of esters is 1. The fourth-order valence-electron chi connectivity index (χ4n) is 4.70. The molecule has 4 aromatic rings. The Kier molecular flexibility index (Phi) is 7.89. The number of likely N-dealkylation sites (N-methyl/N-ethyl adjacent to an activating group) is 1. The number of hydrogen-bond donors (Lipinski definition) is 1. The second-order valence-electron chi connectivity index (χ2n) is 9.90. The van der Waals surface area contributed by atoms with Crippen molar-refractivity contribution in [3.63, 3.8) is 0 Å². The minimum Gasteiger partial charge on any atom is -0.465 e. The van der Waals surface area contributed by atoms with E-state index in [9.17, 15) is 18.0 Å². The molecule has 10 nitrogen and oxygen atoms in total. The molecule has 1 unspecified atom stereocenters. The molecule has 1 amide bonds. The van der Waals surface area contributed by atoms with Gasteiger partial charge in [0.05, 0.1) is 51.7 Å². The van der Waals surface area contributed by atoms with Crippen LogP contribution in [0.5, 0.6) is 0 Å². The molecule has 12 heteroatoms. The molecule has 2 heterocycles. The van der Waals surface area contributed by atoms with Crippen molar-refractivity contribution in [1.82, 2.24) is 9.88 Å². The molecule has 0 fully saturated rings. The fourth-order valence-corrected chi connectivity index (χ4v) is 6.33. The molecule has 1 aliphatic rings. The summed E-state index contributed by atoms with van der Waals surface area (Å²) in [7, 11) is 1.58. The highest BCUT2D eigenvalue weighted by Gasteiger charge is 2.36. The number of rotatable bonds is 9. The van der Waals surface area contributed by atoms with Crippen LogP contribution in [0.2, 0.25) is 0 Å². The van der Waals surface area contributed by atoms with Crippen LogP contribution in [-0.2, 0) is 19.6 Å². The van der Waals surface area contributed by atoms with E-state index in [4.69, 9.17) is 9.73 Å². The number of ether oxygens (including phenoxy) is 1. The summed E-state index contributed by atoms with van der Waals surface area (Å²) in [4.78, 5) is 36.7. The minimum absolute atomic E-state index is 0.270. The summed E-state index contributed by atoms with van der Waals surface area (Å²) in [5.41, 5.74) is 6.50. The second-order valence-corrected chi connectivity index (χ2v) is 12.7. The number of aromatic nitrogens is 1. The zero-order valence-corrected chi connectivity index (χ0v) is 24.6. The molecular formula is C29H29N5O5S2. The van der Waals surface area contributed by atoms with Crippen molar-refractivity contribution in [3.8, 4) is 0 Å². The molecule has 1 atom stereocenters. The predicted octanol–water partition coefficient (Wildman–Crippen LogP) is 4.27. The quantitative estimate of drug-likeness (QED) is 0.228. The zero-order chi connectivity index (χ0) is 29.3. The molecule has 1 N–H and O–H groups in total. The van der Waals surface area contributed by atoms with Crippen LogP contribution in [0, 0.1) is 0 Å². The molecule has 41 heavy (non-hydrogen) atoms. The number of anilines is 2. The van der Waals surface area contributed by atoms with Crippen molar-refractivity contribution in [2.75, 3.05) is 50.2 Å². The van der Waals surface area contributed by atoms with E-state index < -0.39 is 21.9 Å². The maximum absolute atomic E-state index is 13.4. The van der Waals surface area contributed by atoms with Gasteiger partial charge in [0.15, 0.2) is 0 Å². The lowest BCUT2D eigenvalue weighted by Gasteiger charge is -2.24. The Bertz CT molecular complexity index is 1760. The Labute approximate surface area is 242 Å². The summed E-state index contributed by atoms with van der Waals surface area (Å²) in [6, 6.07) is 17.6. The van der Waals surface area contributed by atoms with Gasteiger partial charge >= 0.3 is 5.97 Å². The van der Waals surface area contributed by atoms with Crippen LogP contribution < -0.4 is 9.62 Å². The van der Waals surface area contributed by atoms with Gasteiger partial charge in [0.1, 0.15) is 5.92 Å². The lowest BCUT2D eigenvalue weighted by atomic mass is 9.90. The minimum atomic E-state index is -3.49. The van der Waals surface area contributed by atoms with Gasteiger partial charge in [0.25, 0.3) is 0 Å². The van der Waals surface area contributed by atoms with Gasteiger partial charge in [-0.3, -0.25) is 14.1 Å². The number of aliphatic imine (C=N–C) groups is 1. The summed E-state index contributed by atoms with van der Waals surface area (Å²) < 4.78 is 32.1. The molecule has 212 valence electrons. The van der Waals surface area contributed by atoms with Crippen LogP contribution in [0.3, 0.4) is 0 Å². The van der Waals surface area contributed by atoms with E-state index in [-0.39, 0.29) is 5.91 Å². The molecule has 3 aromatic carbocycles. The third kappa shape index (κ3) is 5.99. The molecule has 1 aliphatic heterocycles. The number of hydrogen-bond acceptors (Lipinski definition) is 9. The highest BCUT2D eigenvalue weighted by Crippen LogP contribution is 2.38. The maximum Gasteiger partial charge on any atom is 0.337 e. The van der Waals surface area contributed by atoms with Crippen molar-refractivity contribution in [3.05, 3.63) is 82.9 Å². The van der Waals surface area contributed by atoms with Gasteiger partial charge in [-0.1, -0.05) is 12.1 Å². The summed E-state index contributed by atoms with van der Waals surface area (Å²) >= 11 is 1.49. The first-order valence-electron chi connectivity index (χ1n) is 12.7. The van der Waals surface area contributed by atoms with E-state index >= 15 is 0 Å². The van der Waals surface area contributed by atoms with Crippen LogP contribution in [-0.4, -0.2) is 76.4 Å². The molecular weight excluding hydrogens is 562 g/mol. The third-order valence-electron chi connectivity index (χ3n) is 6.74. The first kappa shape index (κ1) is 28.4. The Morgan fingerprint density at radius 3 is 2.46 bits per heavy atom. The van der Waals surface area contributed by atoms with E-state index in [2.05, 4.69) is 10.3 Å². The van der Waals surface area contributed by atoms with Gasteiger partial charge in [0, 0.05) is 18.8 Å². The topological polar surface area (TPSA) is 121 Å². The third-order valence-corrected chi connectivity index (χ3v) is 8.73. The van der Waals surface area contributed by atoms with E-state index in [1.807, 2.05) is 37.2 Å². The van der Waals surface area contributed by atoms with Crippen molar-refractivity contribution in [2.45, 2.75) is 5.92 Å². The number of nitrogens with zero attached hydrogens (tertiary/aromatic N) is 4. The number of carbonyl (C=O) groups excluding carboxylic acids is 2. The van der Waals surface area contributed by atoms with Gasteiger partial charge in [0.2, 0.25) is 15.9 Å². The van der Waals surface area contributed by atoms with Crippen molar-refractivity contribution >= 4 is 66.2 Å². The number of methoxy groups -OCH3 is 1. The standard InChI is InChI=1S/C29H29N5O5S2/c1-33(2)13-14-34(41(4,37)38)21-9-7-20(8-10-21)31-27(18-6-12-23-25(16-18)40-17-30-23)26-22-11-5-19(29(36)39-3)15-24(22)32-28(26)35/h5-12,15-17,26H,13-14H2,1-4H3,(H,32,35). The smallest absolute Gasteiger partial charge is 0.337 e. The maximum atomic E-state index is 13.4. The Morgan fingerprint density at radius 1 is 1.05 bits per heavy atom. The van der Waals surface area contributed by atoms with Crippen molar-refractivity contribution in [2.24, 2.45) is 4.99 Å². The van der Waals surface area contributed by atoms with E-state index in [0.29, 0.717) is 47.0 Å². The number of benzene rings is 3. The van der Waals surface area contributed by atoms with E-state index in [1.165, 1.54) is 29.0 Å². The average molecular weight is 592 g/mol. The van der Waals surface area contributed by atoms with E-state index in [0.717, 1.165) is 15.8 Å². The first-order valence-corrected chi connectivity index (χ1v) is 15.5. The van der Waals surface area contributed by atoms with Crippen LogP contribution in [0.25, 0.3) is 10.2 Å². The highest BCUT2D eigenvalue weighted by molar-refractivity contribution is 7.92. The summed E-state index contributed by atoms with van der Waals surface area (Å²) in [5.74, 6) is -1.51. The second kappa shape index (κ2) is 11.4. The molecule has 0 spiro atoms. The molecule has 0 saturated heterocycles. The SMILES string of the molecule is COC(=O)c1ccc2c(c1)NC(=O)C2C(=Nc1ccc(N(CCN(C)C)S(C)(=O)=O)cc1)c1ccc2ncsc2c1. The van der Waals surface area contributed by atoms with E-state index in [1.54, 1.807) is 48.0 Å². The normalized spacial score (nSPS) is 15.2. The fraction of sp³-hybridized carbons (Fsp3) is 0.241. The van der Waals surface area contributed by atoms with Crippen LogP contribution in [0.4, 0.5) is 17.1 Å². The number of carbonyl (C=O) groups is 2. The Balaban J connectivity index is 1.58. The number of amides is 1. The Morgan fingerprint density at radius 2 is 1.78 bits per heavy atom. The molecule has 0 aliphatic carbocycles. The molecule has 5 rings (SSSR count). The lowest BCUT2D eigenvalue weighted by molar-refractivity contribution is -0.115. The van der Waals surface area contributed by atoms with Crippen LogP contribution >= 0.6 is 11.3 Å². The average Bonchev–Trinajstić information content (AvgIpc) is 3.53. The summed E-state index contributed by atoms with van der Waals surface area (Å²) in [6.07, 6.45) is 1.18. The largest absolute Gasteiger partial charge is 0.465 e. The number of thiazole rings is 1. The molecule has 0 radical (unpaired) electrons. The summed E-state index contributed by atoms with van der Waals surface area (Å²) in [5, 5.41) is 2.88. The van der Waals surface area contributed by atoms with Gasteiger partial charge < -0.3 is 15.0 Å². The predicted molar refractivity (Wildman–Crippen MR) is 162 cm³/mol. The van der Waals surface area contributed by atoms with Crippen molar-refractivity contribution < 1.29 is 22.7 Å².